The Balaban J connectivity index is 2.13. The van der Waals surface area contributed by atoms with E-state index in [1.165, 1.54) is 13.2 Å². The lowest BCUT2D eigenvalue weighted by molar-refractivity contribution is 0.338. The molecular weight excluding hydrogens is 309 g/mol. The third kappa shape index (κ3) is 2.37. The van der Waals surface area contributed by atoms with Gasteiger partial charge in [-0.3, -0.25) is 0 Å². The predicted molar refractivity (Wildman–Crippen MR) is 82.1 cm³/mol. The van der Waals surface area contributed by atoms with Crippen LogP contribution in [-0.4, -0.2) is 18.9 Å². The van der Waals surface area contributed by atoms with Gasteiger partial charge in [0.2, 0.25) is 0 Å². The molecule has 0 saturated carbocycles. The van der Waals surface area contributed by atoms with Gasteiger partial charge in [0, 0.05) is 11.6 Å². The third-order valence-corrected chi connectivity index (χ3v) is 3.63. The summed E-state index contributed by atoms with van der Waals surface area (Å²) in [5, 5.41) is 4.87. The average molecular weight is 322 g/mol. The van der Waals surface area contributed by atoms with Crippen LogP contribution >= 0.6 is 11.6 Å². The van der Waals surface area contributed by atoms with E-state index in [2.05, 4.69) is 5.16 Å². The molecular formula is C16H13ClFNO3. The van der Waals surface area contributed by atoms with E-state index in [0.717, 1.165) is 0 Å². The van der Waals surface area contributed by atoms with Gasteiger partial charge in [0.1, 0.15) is 28.0 Å². The first-order chi connectivity index (χ1) is 10.7. The zero-order chi connectivity index (χ0) is 15.7. The molecule has 3 rings (SSSR count). The topological polar surface area (TPSA) is 44.5 Å². The molecule has 1 aromatic heterocycles. The van der Waals surface area contributed by atoms with Gasteiger partial charge >= 0.3 is 0 Å². The molecule has 0 atom stereocenters. The fourth-order valence-corrected chi connectivity index (χ4v) is 2.53. The van der Waals surface area contributed by atoms with Gasteiger partial charge in [0.25, 0.3) is 0 Å². The lowest BCUT2D eigenvalue weighted by atomic mass is 10.1. The highest BCUT2D eigenvalue weighted by Crippen LogP contribution is 2.38. The summed E-state index contributed by atoms with van der Waals surface area (Å²) in [6, 6.07) is 8.05. The number of rotatable bonds is 4. The van der Waals surface area contributed by atoms with Crippen LogP contribution in [0.2, 0.25) is 5.02 Å². The first kappa shape index (κ1) is 14.7. The van der Waals surface area contributed by atoms with Crippen LogP contribution in [0.15, 0.2) is 34.9 Å². The first-order valence-corrected chi connectivity index (χ1v) is 7.08. The fourth-order valence-electron chi connectivity index (χ4n) is 2.25. The van der Waals surface area contributed by atoms with Crippen molar-refractivity contribution in [1.29, 1.82) is 0 Å². The molecule has 0 fully saturated rings. The molecule has 0 aliphatic carbocycles. The van der Waals surface area contributed by atoms with Gasteiger partial charge < -0.3 is 14.0 Å². The van der Waals surface area contributed by atoms with Crippen molar-refractivity contribution in [1.82, 2.24) is 5.16 Å². The highest BCUT2D eigenvalue weighted by molar-refractivity contribution is 6.36. The maximum Gasteiger partial charge on any atom is 0.189 e. The van der Waals surface area contributed by atoms with Crippen LogP contribution in [0.1, 0.15) is 6.92 Å². The summed E-state index contributed by atoms with van der Waals surface area (Å²) in [5.41, 5.74) is 1.08. The molecule has 2 aromatic carbocycles. The smallest absolute Gasteiger partial charge is 0.189 e. The monoisotopic (exact) mass is 321 g/mol. The number of hydrogen-bond donors (Lipinski definition) is 0. The summed E-state index contributed by atoms with van der Waals surface area (Å²) in [7, 11) is 1.51. The van der Waals surface area contributed by atoms with Crippen LogP contribution in [0.25, 0.3) is 22.2 Å². The number of nitrogens with zero attached hydrogens (tertiary/aromatic N) is 1. The molecule has 0 bridgehead atoms. The van der Waals surface area contributed by atoms with Crippen molar-refractivity contribution in [2.45, 2.75) is 6.92 Å². The van der Waals surface area contributed by atoms with Crippen LogP contribution in [0, 0.1) is 5.82 Å². The Hall–Kier alpha value is -2.27. The molecule has 114 valence electrons. The second-order valence-electron chi connectivity index (χ2n) is 4.56. The number of fused-ring (bicyclic) bond motifs is 1. The second-order valence-corrected chi connectivity index (χ2v) is 4.94. The Labute approximate surface area is 131 Å². The van der Waals surface area contributed by atoms with Gasteiger partial charge in [-0.1, -0.05) is 16.8 Å². The van der Waals surface area contributed by atoms with Gasteiger partial charge in [-0.25, -0.2) is 4.39 Å². The van der Waals surface area contributed by atoms with E-state index >= 15 is 0 Å². The van der Waals surface area contributed by atoms with E-state index in [0.29, 0.717) is 45.4 Å². The van der Waals surface area contributed by atoms with Crippen molar-refractivity contribution in [3.63, 3.8) is 0 Å². The van der Waals surface area contributed by atoms with E-state index in [-0.39, 0.29) is 0 Å². The normalized spacial score (nSPS) is 10.9. The van der Waals surface area contributed by atoms with Crippen LogP contribution in [0.4, 0.5) is 4.39 Å². The van der Waals surface area contributed by atoms with Gasteiger partial charge in [0.15, 0.2) is 5.58 Å². The van der Waals surface area contributed by atoms with Gasteiger partial charge in [0.05, 0.1) is 19.1 Å². The summed E-state index contributed by atoms with van der Waals surface area (Å²) < 4.78 is 29.9. The number of halogens is 2. The molecule has 0 unspecified atom stereocenters. The van der Waals surface area contributed by atoms with Crippen molar-refractivity contribution in [2.24, 2.45) is 0 Å². The van der Waals surface area contributed by atoms with Gasteiger partial charge in [-0.05, 0) is 31.2 Å². The van der Waals surface area contributed by atoms with Crippen molar-refractivity contribution >= 4 is 22.6 Å². The highest BCUT2D eigenvalue weighted by Gasteiger charge is 2.18. The molecule has 4 nitrogen and oxygen atoms in total. The number of ether oxygens (including phenoxy) is 2. The molecule has 0 spiro atoms. The molecule has 0 radical (unpaired) electrons. The van der Waals surface area contributed by atoms with E-state index in [9.17, 15) is 4.39 Å². The largest absolute Gasteiger partial charge is 0.495 e. The fraction of sp³-hybridized carbons (Fsp3) is 0.188. The maximum atomic E-state index is 14.3. The molecule has 3 aromatic rings. The van der Waals surface area contributed by atoms with Gasteiger partial charge in [-0.15, -0.1) is 0 Å². The molecule has 22 heavy (non-hydrogen) atoms. The van der Waals surface area contributed by atoms with Crippen LogP contribution in [-0.2, 0) is 0 Å². The molecule has 0 amide bonds. The Kier molecular flexibility index (Phi) is 3.90. The van der Waals surface area contributed by atoms with Crippen molar-refractivity contribution in [2.75, 3.05) is 13.7 Å². The van der Waals surface area contributed by atoms with Crippen LogP contribution in [0.5, 0.6) is 11.5 Å². The number of methoxy groups -OCH3 is 1. The Morgan fingerprint density at radius 3 is 2.77 bits per heavy atom. The third-order valence-electron chi connectivity index (χ3n) is 3.27. The first-order valence-electron chi connectivity index (χ1n) is 6.70. The Bertz CT molecular complexity index is 832. The van der Waals surface area contributed by atoms with E-state index in [4.69, 9.17) is 25.6 Å². The van der Waals surface area contributed by atoms with Crippen LogP contribution in [0.3, 0.4) is 0 Å². The summed E-state index contributed by atoms with van der Waals surface area (Å²) in [4.78, 5) is 0. The minimum atomic E-state index is -0.437. The molecule has 0 saturated heterocycles. The quantitative estimate of drug-likeness (QED) is 0.699. The predicted octanol–water partition coefficient (Wildman–Crippen LogP) is 4.69. The summed E-state index contributed by atoms with van der Waals surface area (Å²) in [5.74, 6) is 0.508. The number of benzene rings is 2. The molecule has 6 heteroatoms. The zero-order valence-corrected chi connectivity index (χ0v) is 12.8. The van der Waals surface area contributed by atoms with E-state index in [1.54, 1.807) is 24.3 Å². The minimum absolute atomic E-state index is 0.310. The van der Waals surface area contributed by atoms with Gasteiger partial charge in [-0.2, -0.15) is 0 Å². The SMILES string of the molecule is CCOc1ccc(-c2noc3c(Cl)c(OC)ccc23)c(F)c1. The Morgan fingerprint density at radius 1 is 1.27 bits per heavy atom. The second kappa shape index (κ2) is 5.85. The number of hydrogen-bond acceptors (Lipinski definition) is 4. The maximum absolute atomic E-state index is 14.3. The van der Waals surface area contributed by atoms with Crippen molar-refractivity contribution < 1.29 is 18.4 Å². The molecule has 0 aliphatic heterocycles. The molecule has 0 N–H and O–H groups in total. The Morgan fingerprint density at radius 2 is 2.09 bits per heavy atom. The average Bonchev–Trinajstić information content (AvgIpc) is 2.93. The lowest BCUT2D eigenvalue weighted by Gasteiger charge is -2.05. The summed E-state index contributed by atoms with van der Waals surface area (Å²) in [6.45, 7) is 2.31. The molecule has 0 aliphatic rings. The van der Waals surface area contributed by atoms with Crippen molar-refractivity contribution in [3.8, 4) is 22.8 Å². The van der Waals surface area contributed by atoms with Crippen molar-refractivity contribution in [3.05, 3.63) is 41.2 Å². The lowest BCUT2D eigenvalue weighted by Crippen LogP contribution is -1.93. The zero-order valence-electron chi connectivity index (χ0n) is 12.0. The minimum Gasteiger partial charge on any atom is -0.495 e. The molecule has 1 heterocycles. The van der Waals surface area contributed by atoms with Crippen LogP contribution < -0.4 is 9.47 Å². The van der Waals surface area contributed by atoms with E-state index < -0.39 is 5.82 Å². The summed E-state index contributed by atoms with van der Waals surface area (Å²) >= 11 is 6.18. The van der Waals surface area contributed by atoms with E-state index in [1.807, 2.05) is 6.92 Å². The standard InChI is InChI=1S/C16H13ClFNO3/c1-3-21-9-4-5-10(12(18)8-9)15-11-6-7-13(20-2)14(17)16(11)22-19-15/h4-8H,3H2,1-2H3. The summed E-state index contributed by atoms with van der Waals surface area (Å²) in [6.07, 6.45) is 0. The number of aromatic nitrogens is 1. The highest BCUT2D eigenvalue weighted by atomic mass is 35.5.